The highest BCUT2D eigenvalue weighted by atomic mass is 31.3. The average molecular weight is 565 g/mol. The molecule has 2 unspecified atom stereocenters. The van der Waals surface area contributed by atoms with Gasteiger partial charge in [-0.1, -0.05) is 0 Å². The number of H-pyrrole nitrogens is 1. The molecule has 2 fully saturated rings. The van der Waals surface area contributed by atoms with Crippen molar-refractivity contribution in [1.29, 1.82) is 0 Å². The molecule has 206 valence electrons. The molecule has 1 aromatic heterocycles. The van der Waals surface area contributed by atoms with Gasteiger partial charge in [0, 0.05) is 12.3 Å². The summed E-state index contributed by atoms with van der Waals surface area (Å²) in [4.78, 5) is 44.7. The van der Waals surface area contributed by atoms with Crippen LogP contribution in [0.15, 0.2) is 21.9 Å². The Morgan fingerprint density at radius 2 is 1.67 bits per heavy atom. The fourth-order valence-corrected chi connectivity index (χ4v) is 5.57. The molecule has 0 saturated carbocycles. The van der Waals surface area contributed by atoms with Crippen molar-refractivity contribution in [1.82, 2.24) is 9.55 Å². The van der Waals surface area contributed by atoms with E-state index in [4.69, 9.17) is 20.3 Å². The molecule has 1 aromatic rings. The highest BCUT2D eigenvalue weighted by Gasteiger charge is 2.49. The van der Waals surface area contributed by atoms with Crippen molar-refractivity contribution in [3.63, 3.8) is 0 Å². The molecule has 0 aliphatic carbocycles. The Hall–Kier alpha value is -1.38. The maximum Gasteiger partial charge on any atom is 0.483 e. The van der Waals surface area contributed by atoms with E-state index < -0.39 is 95.3 Å². The second kappa shape index (κ2) is 11.2. The van der Waals surface area contributed by atoms with Gasteiger partial charge in [-0.05, 0) is 0 Å². The third-order valence-electron chi connectivity index (χ3n) is 5.24. The van der Waals surface area contributed by atoms with Crippen molar-refractivity contribution in [2.45, 2.75) is 55.2 Å². The summed E-state index contributed by atoms with van der Waals surface area (Å²) in [6.07, 6.45) is -12.9. The zero-order chi connectivity index (χ0) is 27.0. The molecule has 0 aromatic carbocycles. The summed E-state index contributed by atoms with van der Waals surface area (Å²) in [5.74, 6) is 0. The maximum atomic E-state index is 12.2. The van der Waals surface area contributed by atoms with Gasteiger partial charge in [-0.3, -0.25) is 23.4 Å². The number of aromatic nitrogens is 2. The van der Waals surface area contributed by atoms with Gasteiger partial charge in [-0.2, -0.15) is 4.31 Å². The Labute approximate surface area is 200 Å². The van der Waals surface area contributed by atoms with Crippen LogP contribution in [0, 0.1) is 0 Å². The Balaban J connectivity index is 1.61. The average Bonchev–Trinajstić information content (AvgIpc) is 3.06. The molecule has 0 spiro atoms. The third-order valence-corrected chi connectivity index (χ3v) is 7.84. The quantitative estimate of drug-likeness (QED) is 0.127. The molecule has 3 rings (SSSR count). The fourth-order valence-electron chi connectivity index (χ4n) is 3.41. The van der Waals surface area contributed by atoms with E-state index in [0.29, 0.717) is 0 Å². The molecule has 2 aliphatic rings. The number of phosphoric ester groups is 2. The zero-order valence-corrected chi connectivity index (χ0v) is 19.8. The van der Waals surface area contributed by atoms with E-state index >= 15 is 0 Å². The Morgan fingerprint density at radius 1 is 1.00 bits per heavy atom. The van der Waals surface area contributed by atoms with Gasteiger partial charge < -0.3 is 50.5 Å². The lowest BCUT2D eigenvalue weighted by Crippen LogP contribution is -2.58. The van der Waals surface area contributed by atoms with Crippen LogP contribution in [0.5, 0.6) is 0 Å². The first kappa shape index (κ1) is 29.2. The Morgan fingerprint density at radius 3 is 2.28 bits per heavy atom. The topological polar surface area (TPSA) is 303 Å². The minimum Gasteiger partial charge on any atom is -0.394 e. The van der Waals surface area contributed by atoms with Gasteiger partial charge in [-0.15, -0.1) is 0 Å². The third kappa shape index (κ3) is 6.54. The number of nitrogens with one attached hydrogen (secondary N) is 1. The number of ether oxygens (including phenoxy) is 2. The lowest BCUT2D eigenvalue weighted by atomic mass is 10.00. The van der Waals surface area contributed by atoms with Crippen LogP contribution in [0.3, 0.4) is 0 Å². The van der Waals surface area contributed by atoms with E-state index in [1.54, 1.807) is 0 Å². The second-order valence-corrected chi connectivity index (χ2v) is 10.8. The summed E-state index contributed by atoms with van der Waals surface area (Å²) < 4.78 is 48.5. The lowest BCUT2D eigenvalue weighted by Gasteiger charge is -2.39. The number of rotatable bonds is 9. The van der Waals surface area contributed by atoms with Crippen molar-refractivity contribution in [2.24, 2.45) is 5.73 Å². The SMILES string of the molecule is N[C@@H]1[C@H](O)[C@@H](COP(=O)(O)OP(=O)(O)O[C@H]2O[C@H](CO)[C@@H](O)[C@H](O)[C@H]2O)O[C@H]1n1ccc(=O)[nH]c1=O. The molecule has 36 heavy (non-hydrogen) atoms. The van der Waals surface area contributed by atoms with Crippen LogP contribution in [-0.2, 0) is 32.0 Å². The number of aromatic amines is 1. The first-order valence-electron chi connectivity index (χ1n) is 10.1. The Kier molecular flexibility index (Phi) is 9.05. The first-order valence-corrected chi connectivity index (χ1v) is 13.1. The van der Waals surface area contributed by atoms with Gasteiger partial charge in [0.1, 0.15) is 36.6 Å². The predicted molar refractivity (Wildman–Crippen MR) is 111 cm³/mol. The molecular weight excluding hydrogens is 540 g/mol. The van der Waals surface area contributed by atoms with Crippen LogP contribution < -0.4 is 17.0 Å². The number of aliphatic hydroxyl groups excluding tert-OH is 5. The standard InChI is InChI=1S/C15H25N3O16P2/c16-8-9(21)6(31-13(8)18-2-1-7(20)17-15(18)25)4-30-35(26,27)34-36(28,29)33-14-12(24)11(23)10(22)5(3-19)32-14/h1-2,5-6,8-14,19,21-24H,3-4,16H2,(H,26,27)(H,28,29)(H,17,20,25)/t5-,6-,8-,9-,10-,11+,12-,13-,14-/m1/s1. The summed E-state index contributed by atoms with van der Waals surface area (Å²) in [6.45, 7) is -1.83. The van der Waals surface area contributed by atoms with Crippen molar-refractivity contribution in [2.75, 3.05) is 13.2 Å². The molecule has 10 N–H and O–H groups in total. The highest BCUT2D eigenvalue weighted by Crippen LogP contribution is 2.61. The van der Waals surface area contributed by atoms with E-state index in [-0.39, 0.29) is 0 Å². The molecule has 2 saturated heterocycles. The predicted octanol–water partition coefficient (Wildman–Crippen LogP) is -4.83. The van der Waals surface area contributed by atoms with E-state index in [1.807, 2.05) is 4.98 Å². The van der Waals surface area contributed by atoms with Gasteiger partial charge in [0.25, 0.3) is 5.56 Å². The summed E-state index contributed by atoms with van der Waals surface area (Å²) in [5.41, 5.74) is 4.19. The molecule has 2 aliphatic heterocycles. The summed E-state index contributed by atoms with van der Waals surface area (Å²) >= 11 is 0. The van der Waals surface area contributed by atoms with Gasteiger partial charge in [-0.25, -0.2) is 13.9 Å². The largest absolute Gasteiger partial charge is 0.483 e. The van der Waals surface area contributed by atoms with E-state index in [0.717, 1.165) is 16.8 Å². The van der Waals surface area contributed by atoms with Crippen LogP contribution in [0.4, 0.5) is 0 Å². The van der Waals surface area contributed by atoms with Crippen molar-refractivity contribution >= 4 is 15.6 Å². The van der Waals surface area contributed by atoms with Crippen molar-refractivity contribution < 1.29 is 67.3 Å². The number of hydrogen-bond donors (Lipinski definition) is 9. The number of phosphoric acid groups is 2. The molecule has 19 nitrogen and oxygen atoms in total. The van der Waals surface area contributed by atoms with Crippen molar-refractivity contribution in [3.8, 4) is 0 Å². The van der Waals surface area contributed by atoms with Crippen LogP contribution >= 0.6 is 15.6 Å². The molecule has 11 atom stereocenters. The molecular formula is C15H25N3O16P2. The second-order valence-electron chi connectivity index (χ2n) is 7.77. The minimum atomic E-state index is -5.57. The molecule has 3 heterocycles. The van der Waals surface area contributed by atoms with Crippen molar-refractivity contribution in [3.05, 3.63) is 33.1 Å². The van der Waals surface area contributed by atoms with Crippen LogP contribution in [-0.4, -0.2) is 107 Å². The normalized spacial score (nSPS) is 38.4. The smallest absolute Gasteiger partial charge is 0.394 e. The molecule has 21 heteroatoms. The first-order chi connectivity index (χ1) is 16.7. The zero-order valence-electron chi connectivity index (χ0n) is 18.0. The highest BCUT2D eigenvalue weighted by molar-refractivity contribution is 7.61. The number of nitrogens with two attached hydrogens (primary N) is 1. The van der Waals surface area contributed by atoms with Gasteiger partial charge >= 0.3 is 21.3 Å². The minimum absolute atomic E-state index is 0.707. The van der Waals surface area contributed by atoms with Gasteiger partial charge in [0.15, 0.2) is 12.5 Å². The van der Waals surface area contributed by atoms with Crippen LogP contribution in [0.25, 0.3) is 0 Å². The van der Waals surface area contributed by atoms with Gasteiger partial charge in [0.05, 0.1) is 19.3 Å². The van der Waals surface area contributed by atoms with Crippen LogP contribution in [0.2, 0.25) is 0 Å². The summed E-state index contributed by atoms with van der Waals surface area (Å²) in [5, 5.41) is 48.6. The number of aliphatic hydroxyl groups is 5. The monoisotopic (exact) mass is 565 g/mol. The summed E-state index contributed by atoms with van der Waals surface area (Å²) in [6, 6.07) is -0.280. The molecule has 0 bridgehead atoms. The Bertz CT molecular complexity index is 1130. The maximum absolute atomic E-state index is 12.2. The molecule has 0 amide bonds. The fraction of sp³-hybridized carbons (Fsp3) is 0.733. The summed E-state index contributed by atoms with van der Waals surface area (Å²) in [7, 11) is -11.0. The number of nitrogens with zero attached hydrogens (tertiary/aromatic N) is 1. The number of hydrogen-bond acceptors (Lipinski definition) is 15. The lowest BCUT2D eigenvalue weighted by molar-refractivity contribution is -0.280. The molecule has 0 radical (unpaired) electrons. The van der Waals surface area contributed by atoms with Crippen LogP contribution in [0.1, 0.15) is 6.23 Å². The van der Waals surface area contributed by atoms with E-state index in [2.05, 4.69) is 13.4 Å². The van der Waals surface area contributed by atoms with E-state index in [9.17, 15) is 48.9 Å². The van der Waals surface area contributed by atoms with Gasteiger partial charge in [0.2, 0.25) is 0 Å². The van der Waals surface area contributed by atoms with E-state index in [1.165, 1.54) is 0 Å².